The van der Waals surface area contributed by atoms with Crippen molar-refractivity contribution in [1.29, 1.82) is 0 Å². The van der Waals surface area contributed by atoms with Crippen LogP contribution in [-0.4, -0.2) is 51.8 Å². The van der Waals surface area contributed by atoms with E-state index in [1.807, 2.05) is 19.1 Å². The minimum Gasteiger partial charge on any atom is -0.467 e. The van der Waals surface area contributed by atoms with Gasteiger partial charge in [0.15, 0.2) is 0 Å². The third-order valence-electron chi connectivity index (χ3n) is 5.71. The third kappa shape index (κ3) is 2.92. The van der Waals surface area contributed by atoms with Crippen molar-refractivity contribution in [3.63, 3.8) is 0 Å². The van der Waals surface area contributed by atoms with E-state index in [-0.39, 0.29) is 17.2 Å². The van der Waals surface area contributed by atoms with Crippen molar-refractivity contribution in [2.45, 2.75) is 36.4 Å². The average Bonchev–Trinajstić information content (AvgIpc) is 3.27. The fourth-order valence-electron chi connectivity index (χ4n) is 4.34. The Labute approximate surface area is 175 Å². The first-order valence-electron chi connectivity index (χ1n) is 9.45. The van der Waals surface area contributed by atoms with Crippen LogP contribution in [0.15, 0.2) is 53.4 Å². The number of methoxy groups -OCH3 is 2. The molecule has 0 spiro atoms. The summed E-state index contributed by atoms with van der Waals surface area (Å²) in [5, 5.41) is 0. The zero-order valence-electron chi connectivity index (χ0n) is 16.8. The third-order valence-corrected chi connectivity index (χ3v) is 7.51. The van der Waals surface area contributed by atoms with Gasteiger partial charge in [-0.1, -0.05) is 35.9 Å². The molecule has 0 aromatic heterocycles. The Morgan fingerprint density at radius 1 is 1.00 bits per heavy atom. The standard InChI is InChI=1S/C21H22N2O6S/c1-13-8-10-14(11-9-13)30(26,27)23-17-7-5-4-6-15(17)16-12-18(20(24)28-2)22(19(16)23)21(25)29-3/h4-11,16,18-19H,12H2,1-3H3/t16-,18+,19+/m1/s1. The minimum absolute atomic E-state index is 0.106. The van der Waals surface area contributed by atoms with E-state index in [2.05, 4.69) is 0 Å². The van der Waals surface area contributed by atoms with E-state index in [0.29, 0.717) is 5.69 Å². The number of carbonyl (C=O) groups is 2. The molecule has 30 heavy (non-hydrogen) atoms. The van der Waals surface area contributed by atoms with Gasteiger partial charge in [-0.3, -0.25) is 4.90 Å². The number of rotatable bonds is 3. The van der Waals surface area contributed by atoms with Gasteiger partial charge >= 0.3 is 12.1 Å². The van der Waals surface area contributed by atoms with Crippen molar-refractivity contribution in [2.24, 2.45) is 0 Å². The number of likely N-dealkylation sites (tertiary alicyclic amines) is 1. The van der Waals surface area contributed by atoms with Gasteiger partial charge in [-0.2, -0.15) is 0 Å². The number of benzene rings is 2. The number of sulfonamides is 1. The van der Waals surface area contributed by atoms with Crippen molar-refractivity contribution in [3.8, 4) is 0 Å². The van der Waals surface area contributed by atoms with Gasteiger partial charge in [0.25, 0.3) is 10.0 Å². The van der Waals surface area contributed by atoms with Crippen LogP contribution < -0.4 is 4.31 Å². The van der Waals surface area contributed by atoms with Gasteiger partial charge in [0.2, 0.25) is 0 Å². The smallest absolute Gasteiger partial charge is 0.411 e. The molecule has 2 aliphatic rings. The monoisotopic (exact) mass is 430 g/mol. The van der Waals surface area contributed by atoms with Crippen molar-refractivity contribution in [1.82, 2.24) is 4.90 Å². The van der Waals surface area contributed by atoms with E-state index >= 15 is 0 Å². The highest BCUT2D eigenvalue weighted by Crippen LogP contribution is 2.52. The molecule has 1 amide bonds. The Bertz CT molecular complexity index is 1100. The zero-order chi connectivity index (χ0) is 21.6. The quantitative estimate of drug-likeness (QED) is 0.695. The molecule has 2 heterocycles. The normalized spacial score (nSPS) is 22.4. The Balaban J connectivity index is 1.89. The molecule has 2 aliphatic heterocycles. The van der Waals surface area contributed by atoms with Crippen molar-refractivity contribution in [2.75, 3.05) is 18.5 Å². The number of carbonyl (C=O) groups excluding carboxylic acids is 2. The Morgan fingerprint density at radius 3 is 2.30 bits per heavy atom. The van der Waals surface area contributed by atoms with Crippen molar-refractivity contribution < 1.29 is 27.5 Å². The molecule has 8 nitrogen and oxygen atoms in total. The molecule has 2 aromatic rings. The maximum Gasteiger partial charge on any atom is 0.411 e. The number of esters is 1. The second-order valence-electron chi connectivity index (χ2n) is 7.34. The van der Waals surface area contributed by atoms with Crippen LogP contribution in [0.1, 0.15) is 23.5 Å². The number of nitrogens with zero attached hydrogens (tertiary/aromatic N) is 2. The SMILES string of the molecule is COC(=O)[C@@H]1C[C@@H]2c3ccccc3N(S(=O)(=O)c3ccc(C)cc3)[C@@H]2N1C(=O)OC. The highest BCUT2D eigenvalue weighted by molar-refractivity contribution is 7.92. The maximum absolute atomic E-state index is 13.7. The number of amides is 1. The van der Waals surface area contributed by atoms with E-state index in [0.717, 1.165) is 11.1 Å². The lowest BCUT2D eigenvalue weighted by Crippen LogP contribution is -2.53. The second kappa shape index (κ2) is 7.32. The molecule has 3 atom stereocenters. The molecule has 0 radical (unpaired) electrons. The summed E-state index contributed by atoms with van der Waals surface area (Å²) in [6.45, 7) is 1.87. The second-order valence-corrected chi connectivity index (χ2v) is 9.16. The Morgan fingerprint density at radius 2 is 1.67 bits per heavy atom. The topological polar surface area (TPSA) is 93.2 Å². The minimum atomic E-state index is -4.02. The Hall–Kier alpha value is -3.07. The molecule has 158 valence electrons. The Kier molecular flexibility index (Phi) is 4.93. The van der Waals surface area contributed by atoms with Gasteiger partial charge in [0.05, 0.1) is 24.8 Å². The summed E-state index contributed by atoms with van der Waals surface area (Å²) in [5.41, 5.74) is 2.18. The van der Waals surface area contributed by atoms with Crippen LogP contribution in [0, 0.1) is 6.92 Å². The first-order valence-corrected chi connectivity index (χ1v) is 10.9. The lowest BCUT2D eigenvalue weighted by molar-refractivity contribution is -0.145. The summed E-state index contributed by atoms with van der Waals surface area (Å²) in [6, 6.07) is 12.7. The van der Waals surface area contributed by atoms with Crippen LogP contribution in [0.3, 0.4) is 0 Å². The zero-order valence-corrected chi connectivity index (χ0v) is 17.6. The summed E-state index contributed by atoms with van der Waals surface area (Å²) in [4.78, 5) is 26.4. The van der Waals surface area contributed by atoms with E-state index < -0.39 is 34.3 Å². The number of anilines is 1. The highest BCUT2D eigenvalue weighted by Gasteiger charge is 2.58. The van der Waals surface area contributed by atoms with E-state index in [1.54, 1.807) is 24.3 Å². The number of hydrogen-bond donors (Lipinski definition) is 0. The van der Waals surface area contributed by atoms with Gasteiger partial charge < -0.3 is 9.47 Å². The van der Waals surface area contributed by atoms with E-state index in [4.69, 9.17) is 9.47 Å². The summed E-state index contributed by atoms with van der Waals surface area (Å²) in [6.07, 6.45) is -1.47. The molecule has 0 aliphatic carbocycles. The molecular weight excluding hydrogens is 408 g/mol. The largest absolute Gasteiger partial charge is 0.467 e. The number of aryl methyl sites for hydroxylation is 1. The molecule has 4 rings (SSSR count). The van der Waals surface area contributed by atoms with Gasteiger partial charge in [-0.05, 0) is 37.1 Å². The molecule has 0 unspecified atom stereocenters. The van der Waals surface area contributed by atoms with Gasteiger partial charge in [0.1, 0.15) is 12.2 Å². The molecule has 0 saturated carbocycles. The number of fused-ring (bicyclic) bond motifs is 3. The molecular formula is C21H22N2O6S. The van der Waals surface area contributed by atoms with E-state index in [9.17, 15) is 18.0 Å². The summed E-state index contributed by atoms with van der Waals surface area (Å²) < 4.78 is 38.4. The van der Waals surface area contributed by atoms with Gasteiger partial charge in [-0.15, -0.1) is 0 Å². The van der Waals surface area contributed by atoms with Gasteiger partial charge in [-0.25, -0.2) is 22.3 Å². The van der Waals surface area contributed by atoms with Crippen LogP contribution in [0.4, 0.5) is 10.5 Å². The van der Waals surface area contributed by atoms with Crippen LogP contribution in [0.25, 0.3) is 0 Å². The summed E-state index contributed by atoms with van der Waals surface area (Å²) >= 11 is 0. The van der Waals surface area contributed by atoms with Crippen LogP contribution in [0.5, 0.6) is 0 Å². The number of para-hydroxylation sites is 1. The highest BCUT2D eigenvalue weighted by atomic mass is 32.2. The lowest BCUT2D eigenvalue weighted by Gasteiger charge is -2.34. The fourth-order valence-corrected chi connectivity index (χ4v) is 6.01. The molecule has 0 N–H and O–H groups in total. The molecule has 1 saturated heterocycles. The lowest BCUT2D eigenvalue weighted by atomic mass is 9.96. The summed E-state index contributed by atoms with van der Waals surface area (Å²) in [7, 11) is -1.59. The van der Waals surface area contributed by atoms with Crippen LogP contribution >= 0.6 is 0 Å². The molecule has 2 aromatic carbocycles. The number of hydrogen-bond acceptors (Lipinski definition) is 6. The first kappa shape index (κ1) is 20.2. The maximum atomic E-state index is 13.7. The van der Waals surface area contributed by atoms with Crippen LogP contribution in [0.2, 0.25) is 0 Å². The fraction of sp³-hybridized carbons (Fsp3) is 0.333. The molecule has 0 bridgehead atoms. The summed E-state index contributed by atoms with van der Waals surface area (Å²) in [5.74, 6) is -0.996. The van der Waals surface area contributed by atoms with Gasteiger partial charge in [0, 0.05) is 5.92 Å². The average molecular weight is 430 g/mol. The molecule has 1 fully saturated rings. The van der Waals surface area contributed by atoms with Crippen molar-refractivity contribution >= 4 is 27.8 Å². The van der Waals surface area contributed by atoms with Crippen molar-refractivity contribution in [3.05, 3.63) is 59.7 Å². The van der Waals surface area contributed by atoms with E-state index in [1.165, 1.54) is 35.6 Å². The predicted molar refractivity (Wildman–Crippen MR) is 108 cm³/mol. The number of ether oxygens (including phenoxy) is 2. The molecule has 9 heteroatoms. The predicted octanol–water partition coefficient (Wildman–Crippen LogP) is 2.63. The van der Waals surface area contributed by atoms with Crippen LogP contribution in [-0.2, 0) is 24.3 Å². The first-order chi connectivity index (χ1) is 14.3.